The number of aliphatic imine (C=N–C) groups is 1. The third kappa shape index (κ3) is 6.28. The van der Waals surface area contributed by atoms with Gasteiger partial charge in [-0.2, -0.15) is 24.4 Å². The molecule has 0 atom stereocenters. The van der Waals surface area contributed by atoms with Gasteiger partial charge in [-0.3, -0.25) is 6.07 Å². The topological polar surface area (TPSA) is 12.4 Å². The van der Waals surface area contributed by atoms with Gasteiger partial charge in [-0.05, 0) is 0 Å². The number of benzene rings is 1. The van der Waals surface area contributed by atoms with Gasteiger partial charge in [0.05, 0.1) is 0 Å². The van der Waals surface area contributed by atoms with Crippen molar-refractivity contribution in [2.75, 3.05) is 0 Å². The summed E-state index contributed by atoms with van der Waals surface area (Å²) in [5.41, 5.74) is 0.833. The molecule has 0 amide bonds. The van der Waals surface area contributed by atoms with Crippen LogP contribution in [0.1, 0.15) is 6.92 Å². The average molecular weight is 295 g/mol. The number of para-hydroxylation sites is 1. The van der Waals surface area contributed by atoms with Crippen LogP contribution in [-0.4, -0.2) is 6.21 Å². The molecule has 0 aliphatic carbocycles. The summed E-state index contributed by atoms with van der Waals surface area (Å²) in [6.45, 7) is 1.76. The summed E-state index contributed by atoms with van der Waals surface area (Å²) in [6.07, 6.45) is 2.68. The van der Waals surface area contributed by atoms with Gasteiger partial charge in [-0.15, -0.1) is 6.92 Å². The SMILES string of the molecule is C[C-]=Nc1[c-]cccc1.[Y].[Y]. The molecule has 0 heterocycles. The smallest absolute Gasteiger partial charge is 0 e. The van der Waals surface area contributed by atoms with Crippen molar-refractivity contribution in [1.29, 1.82) is 0 Å². The Morgan fingerprint density at radius 1 is 1.36 bits per heavy atom. The zero-order chi connectivity index (χ0) is 6.53. The van der Waals surface area contributed by atoms with E-state index in [0.717, 1.165) is 5.69 Å². The van der Waals surface area contributed by atoms with Gasteiger partial charge in [-0.25, -0.2) is 11.8 Å². The molecule has 0 unspecified atom stereocenters. The van der Waals surface area contributed by atoms with Crippen LogP contribution in [0.5, 0.6) is 0 Å². The van der Waals surface area contributed by atoms with Gasteiger partial charge >= 0.3 is 0 Å². The van der Waals surface area contributed by atoms with Gasteiger partial charge < -0.3 is 4.99 Å². The van der Waals surface area contributed by atoms with Crippen LogP contribution >= 0.6 is 0 Å². The monoisotopic (exact) mass is 295 g/mol. The summed E-state index contributed by atoms with van der Waals surface area (Å²) in [6, 6.07) is 10.5. The molecule has 0 saturated heterocycles. The van der Waals surface area contributed by atoms with Crippen molar-refractivity contribution in [1.82, 2.24) is 0 Å². The van der Waals surface area contributed by atoms with Crippen LogP contribution in [0, 0.1) is 6.07 Å². The second-order valence-corrected chi connectivity index (χ2v) is 1.58. The molecular formula is C8H7NY2-2. The molecule has 0 spiro atoms. The fourth-order valence-corrected chi connectivity index (χ4v) is 0.574. The van der Waals surface area contributed by atoms with Gasteiger partial charge in [0.15, 0.2) is 0 Å². The molecule has 0 aliphatic rings. The molecular weight excluding hydrogens is 288 g/mol. The molecule has 0 bridgehead atoms. The first-order valence-corrected chi connectivity index (χ1v) is 2.77. The van der Waals surface area contributed by atoms with Crippen LogP contribution in [0.15, 0.2) is 29.3 Å². The zero-order valence-electron chi connectivity index (χ0n) is 6.41. The first-order valence-electron chi connectivity index (χ1n) is 2.77. The molecule has 0 aromatic heterocycles. The van der Waals surface area contributed by atoms with Gasteiger partial charge in [0.25, 0.3) is 0 Å². The van der Waals surface area contributed by atoms with Crippen molar-refractivity contribution in [3.63, 3.8) is 0 Å². The molecule has 0 saturated carbocycles. The summed E-state index contributed by atoms with van der Waals surface area (Å²) in [5.74, 6) is 0. The Morgan fingerprint density at radius 2 is 2.09 bits per heavy atom. The quantitative estimate of drug-likeness (QED) is 0.555. The van der Waals surface area contributed by atoms with Crippen molar-refractivity contribution in [3.8, 4) is 0 Å². The predicted octanol–water partition coefficient (Wildman–Crippen LogP) is 2.08. The Balaban J connectivity index is 0. The molecule has 1 aromatic carbocycles. The van der Waals surface area contributed by atoms with Crippen molar-refractivity contribution in [2.45, 2.75) is 6.92 Å². The van der Waals surface area contributed by atoms with Crippen LogP contribution in [-0.2, 0) is 65.4 Å². The first kappa shape index (κ1) is 14.6. The fourth-order valence-electron chi connectivity index (χ4n) is 0.574. The number of nitrogens with zero attached hydrogens (tertiary/aromatic N) is 1. The minimum atomic E-state index is 0. The minimum absolute atomic E-state index is 0. The molecule has 52 valence electrons. The van der Waals surface area contributed by atoms with Crippen LogP contribution < -0.4 is 0 Å². The first-order chi connectivity index (χ1) is 4.43. The molecule has 0 fully saturated rings. The third-order valence-corrected chi connectivity index (χ3v) is 0.925. The van der Waals surface area contributed by atoms with E-state index in [9.17, 15) is 0 Å². The Morgan fingerprint density at radius 3 is 2.55 bits per heavy atom. The van der Waals surface area contributed by atoms with E-state index >= 15 is 0 Å². The molecule has 3 heteroatoms. The maximum Gasteiger partial charge on any atom is 0 e. The summed E-state index contributed by atoms with van der Waals surface area (Å²) < 4.78 is 0. The van der Waals surface area contributed by atoms with Gasteiger partial charge in [0.2, 0.25) is 0 Å². The Kier molecular flexibility index (Phi) is 12.2. The predicted molar refractivity (Wildman–Crippen MR) is 38.0 cm³/mol. The maximum absolute atomic E-state index is 3.90. The van der Waals surface area contributed by atoms with E-state index in [-0.39, 0.29) is 65.4 Å². The third-order valence-electron chi connectivity index (χ3n) is 0.925. The van der Waals surface area contributed by atoms with Crippen molar-refractivity contribution >= 4 is 11.9 Å². The fraction of sp³-hybridized carbons (Fsp3) is 0.125. The van der Waals surface area contributed by atoms with Crippen molar-refractivity contribution in [3.05, 3.63) is 30.3 Å². The van der Waals surface area contributed by atoms with E-state index in [4.69, 9.17) is 0 Å². The molecule has 0 aliphatic heterocycles. The van der Waals surface area contributed by atoms with E-state index < -0.39 is 0 Å². The van der Waals surface area contributed by atoms with Crippen LogP contribution in [0.3, 0.4) is 0 Å². The van der Waals surface area contributed by atoms with Gasteiger partial charge in [-0.1, -0.05) is 0 Å². The van der Waals surface area contributed by atoms with E-state index in [0.29, 0.717) is 0 Å². The summed E-state index contributed by atoms with van der Waals surface area (Å²) in [4.78, 5) is 3.90. The van der Waals surface area contributed by atoms with E-state index in [2.05, 4.69) is 17.3 Å². The number of hydrogen-bond donors (Lipinski definition) is 0. The summed E-state index contributed by atoms with van der Waals surface area (Å²) in [7, 11) is 0. The van der Waals surface area contributed by atoms with E-state index in [1.807, 2.05) is 24.3 Å². The molecule has 1 aromatic rings. The zero-order valence-corrected chi connectivity index (χ0v) is 12.1. The van der Waals surface area contributed by atoms with Crippen molar-refractivity contribution < 1.29 is 65.4 Å². The second kappa shape index (κ2) is 9.19. The van der Waals surface area contributed by atoms with E-state index in [1.54, 1.807) is 6.92 Å². The summed E-state index contributed by atoms with van der Waals surface area (Å²) >= 11 is 0. The van der Waals surface area contributed by atoms with Crippen LogP contribution in [0.4, 0.5) is 5.69 Å². The summed E-state index contributed by atoms with van der Waals surface area (Å²) in [5, 5.41) is 0. The Bertz CT molecular complexity index is 197. The Hall–Kier alpha value is 1.10. The van der Waals surface area contributed by atoms with Gasteiger partial charge in [0, 0.05) is 65.4 Å². The average Bonchev–Trinajstić information content (AvgIpc) is 1.91. The van der Waals surface area contributed by atoms with E-state index in [1.165, 1.54) is 0 Å². The largest absolute Gasteiger partial charge is 0.482 e. The standard InChI is InChI=1S/C8H7N.2Y/c1-2-9-8-6-4-3-5-7-8;;/h3-6H,1H3;;/q-2;;. The normalized spacial score (nSPS) is 8.45. The van der Waals surface area contributed by atoms with Crippen molar-refractivity contribution in [2.24, 2.45) is 4.99 Å². The maximum atomic E-state index is 3.90. The van der Waals surface area contributed by atoms with Crippen LogP contribution in [0.2, 0.25) is 0 Å². The molecule has 1 rings (SSSR count). The molecule has 0 N–H and O–H groups in total. The molecule has 1 nitrogen and oxygen atoms in total. The van der Waals surface area contributed by atoms with Gasteiger partial charge in [0.1, 0.15) is 0 Å². The minimum Gasteiger partial charge on any atom is -0.482 e. The van der Waals surface area contributed by atoms with Crippen LogP contribution in [0.25, 0.3) is 0 Å². The number of rotatable bonds is 1. The molecule has 11 heavy (non-hydrogen) atoms. The molecule has 2 radical (unpaired) electrons. The number of hydrogen-bond acceptors (Lipinski definition) is 1. The Labute approximate surface area is 118 Å². The second-order valence-electron chi connectivity index (χ2n) is 1.58.